The summed E-state index contributed by atoms with van der Waals surface area (Å²) in [6.07, 6.45) is 4.26. The topological polar surface area (TPSA) is 69.8 Å². The molecule has 0 aliphatic heterocycles. The third-order valence-electron chi connectivity index (χ3n) is 3.12. The molecule has 2 aromatic heterocycles. The third kappa shape index (κ3) is 2.56. The number of aryl methyl sites for hydroxylation is 1. The van der Waals surface area contributed by atoms with Gasteiger partial charge in [0, 0.05) is 29.2 Å². The summed E-state index contributed by atoms with van der Waals surface area (Å²) in [6.45, 7) is 1.74. The highest BCUT2D eigenvalue weighted by atomic mass is 35.5. The lowest BCUT2D eigenvalue weighted by atomic mass is 10.2. The molecule has 0 fully saturated rings. The van der Waals surface area contributed by atoms with Crippen molar-refractivity contribution in [3.8, 4) is 5.69 Å². The Morgan fingerprint density at radius 1 is 1.23 bits per heavy atom. The van der Waals surface area contributed by atoms with Gasteiger partial charge in [-0.25, -0.2) is 9.67 Å². The van der Waals surface area contributed by atoms with E-state index in [2.05, 4.69) is 10.1 Å². The van der Waals surface area contributed by atoms with Gasteiger partial charge in [-0.1, -0.05) is 11.6 Å². The van der Waals surface area contributed by atoms with Crippen LogP contribution in [0.3, 0.4) is 0 Å². The van der Waals surface area contributed by atoms with Crippen molar-refractivity contribution in [2.24, 2.45) is 0 Å². The standard InChI is InChI=1S/C15H11ClN4O2/c1-10-8-13(21)14(15(22)19-7-6-17-9-19)18-20(10)12-4-2-11(16)3-5-12/h2-9H,1H3. The van der Waals surface area contributed by atoms with Gasteiger partial charge in [-0.15, -0.1) is 0 Å². The van der Waals surface area contributed by atoms with Crippen molar-refractivity contribution in [3.05, 3.63) is 75.7 Å². The number of imidazole rings is 1. The monoisotopic (exact) mass is 314 g/mol. The summed E-state index contributed by atoms with van der Waals surface area (Å²) in [6, 6.07) is 8.34. The Morgan fingerprint density at radius 2 is 1.95 bits per heavy atom. The smallest absolute Gasteiger partial charge is 0.287 e. The van der Waals surface area contributed by atoms with E-state index in [1.807, 2.05) is 0 Å². The van der Waals surface area contributed by atoms with Crippen LogP contribution in [0.5, 0.6) is 0 Å². The van der Waals surface area contributed by atoms with Crippen LogP contribution in [0.2, 0.25) is 5.02 Å². The molecule has 0 aliphatic rings. The zero-order valence-electron chi connectivity index (χ0n) is 11.6. The van der Waals surface area contributed by atoms with Gasteiger partial charge in [0.05, 0.1) is 5.69 Å². The van der Waals surface area contributed by atoms with E-state index in [4.69, 9.17) is 11.6 Å². The van der Waals surface area contributed by atoms with E-state index >= 15 is 0 Å². The van der Waals surface area contributed by atoms with Crippen LogP contribution in [0, 0.1) is 6.92 Å². The summed E-state index contributed by atoms with van der Waals surface area (Å²) >= 11 is 5.87. The first-order valence-electron chi connectivity index (χ1n) is 6.46. The number of aromatic nitrogens is 4. The molecule has 0 unspecified atom stereocenters. The highest BCUT2D eigenvalue weighted by Gasteiger charge is 2.16. The second kappa shape index (κ2) is 5.57. The first-order chi connectivity index (χ1) is 10.6. The summed E-state index contributed by atoms with van der Waals surface area (Å²) in [4.78, 5) is 28.2. The molecule has 0 saturated heterocycles. The summed E-state index contributed by atoms with van der Waals surface area (Å²) in [5.41, 5.74) is 0.732. The normalized spacial score (nSPS) is 10.6. The van der Waals surface area contributed by atoms with E-state index in [-0.39, 0.29) is 5.69 Å². The van der Waals surface area contributed by atoms with Crippen LogP contribution in [-0.4, -0.2) is 25.2 Å². The minimum Gasteiger partial charge on any atom is -0.287 e. The van der Waals surface area contributed by atoms with Crippen LogP contribution in [0.25, 0.3) is 5.69 Å². The largest absolute Gasteiger partial charge is 0.287 e. The van der Waals surface area contributed by atoms with Gasteiger partial charge in [-0.3, -0.25) is 14.2 Å². The van der Waals surface area contributed by atoms with E-state index in [0.717, 1.165) is 0 Å². The van der Waals surface area contributed by atoms with Crippen molar-refractivity contribution < 1.29 is 4.79 Å². The van der Waals surface area contributed by atoms with Crippen LogP contribution in [0.1, 0.15) is 16.2 Å². The van der Waals surface area contributed by atoms with E-state index < -0.39 is 11.3 Å². The molecular weight excluding hydrogens is 304 g/mol. The zero-order valence-corrected chi connectivity index (χ0v) is 12.4. The predicted octanol–water partition coefficient (Wildman–Crippen LogP) is 2.08. The van der Waals surface area contributed by atoms with Crippen molar-refractivity contribution in [1.29, 1.82) is 0 Å². The zero-order chi connectivity index (χ0) is 15.7. The van der Waals surface area contributed by atoms with Gasteiger partial charge in [0.1, 0.15) is 6.33 Å². The lowest BCUT2D eigenvalue weighted by Gasteiger charge is -2.11. The van der Waals surface area contributed by atoms with Crippen LogP contribution < -0.4 is 5.43 Å². The molecule has 0 aliphatic carbocycles. The number of carbonyl (C=O) groups is 1. The molecule has 0 atom stereocenters. The summed E-state index contributed by atoms with van der Waals surface area (Å²) in [7, 11) is 0. The van der Waals surface area contributed by atoms with Gasteiger partial charge in [0.15, 0.2) is 5.69 Å². The first kappa shape index (κ1) is 14.2. The second-order valence-corrected chi connectivity index (χ2v) is 5.10. The fraction of sp³-hybridized carbons (Fsp3) is 0.0667. The minimum absolute atomic E-state index is 0.168. The number of rotatable bonds is 2. The van der Waals surface area contributed by atoms with Crippen molar-refractivity contribution >= 4 is 17.5 Å². The molecule has 0 radical (unpaired) electrons. The van der Waals surface area contributed by atoms with E-state index in [1.54, 1.807) is 31.2 Å². The summed E-state index contributed by atoms with van der Waals surface area (Å²) in [5, 5.41) is 4.79. The third-order valence-corrected chi connectivity index (χ3v) is 3.37. The van der Waals surface area contributed by atoms with Crippen molar-refractivity contribution in [2.45, 2.75) is 6.92 Å². The Balaban J connectivity index is 2.13. The van der Waals surface area contributed by atoms with Crippen molar-refractivity contribution in [3.63, 3.8) is 0 Å². The first-order valence-corrected chi connectivity index (χ1v) is 6.83. The Hall–Kier alpha value is -2.73. The number of benzene rings is 1. The van der Waals surface area contributed by atoms with Gasteiger partial charge in [0.25, 0.3) is 5.91 Å². The highest BCUT2D eigenvalue weighted by molar-refractivity contribution is 6.30. The number of halogens is 1. The van der Waals surface area contributed by atoms with Crippen molar-refractivity contribution in [1.82, 2.24) is 19.3 Å². The molecule has 7 heteroatoms. The highest BCUT2D eigenvalue weighted by Crippen LogP contribution is 2.14. The maximum atomic E-state index is 12.3. The SMILES string of the molecule is Cc1cc(=O)c(C(=O)n2ccnc2)nn1-c1ccc(Cl)cc1. The second-order valence-electron chi connectivity index (χ2n) is 4.66. The molecule has 0 amide bonds. The Labute approximate surface area is 130 Å². The maximum absolute atomic E-state index is 12.3. The Morgan fingerprint density at radius 3 is 2.59 bits per heavy atom. The number of hydrogen-bond donors (Lipinski definition) is 0. The maximum Gasteiger partial charge on any atom is 0.287 e. The fourth-order valence-corrected chi connectivity index (χ4v) is 2.17. The summed E-state index contributed by atoms with van der Waals surface area (Å²) < 4.78 is 2.74. The molecule has 22 heavy (non-hydrogen) atoms. The number of nitrogens with zero attached hydrogens (tertiary/aromatic N) is 4. The van der Waals surface area contributed by atoms with E-state index in [0.29, 0.717) is 16.4 Å². The molecule has 3 rings (SSSR count). The molecule has 3 aromatic rings. The van der Waals surface area contributed by atoms with Gasteiger partial charge >= 0.3 is 0 Å². The van der Waals surface area contributed by atoms with Crippen LogP contribution in [0.4, 0.5) is 0 Å². The molecule has 110 valence electrons. The molecule has 6 nitrogen and oxygen atoms in total. The lowest BCUT2D eigenvalue weighted by Crippen LogP contribution is -2.26. The van der Waals surface area contributed by atoms with Crippen LogP contribution >= 0.6 is 11.6 Å². The van der Waals surface area contributed by atoms with Gasteiger partial charge in [-0.2, -0.15) is 5.10 Å². The summed E-state index contributed by atoms with van der Waals surface area (Å²) in [5.74, 6) is -0.523. The average molecular weight is 315 g/mol. The average Bonchev–Trinajstić information content (AvgIpc) is 3.02. The molecular formula is C15H11ClN4O2. The van der Waals surface area contributed by atoms with Crippen LogP contribution in [0.15, 0.2) is 53.8 Å². The molecule has 0 spiro atoms. The van der Waals surface area contributed by atoms with E-state index in [1.165, 1.54) is 34.0 Å². The molecule has 1 aromatic carbocycles. The quantitative estimate of drug-likeness (QED) is 0.726. The number of carbonyl (C=O) groups excluding carboxylic acids is 1. The van der Waals surface area contributed by atoms with E-state index in [9.17, 15) is 9.59 Å². The van der Waals surface area contributed by atoms with Gasteiger partial charge < -0.3 is 0 Å². The molecule has 0 saturated carbocycles. The fourth-order valence-electron chi connectivity index (χ4n) is 2.04. The Kier molecular flexibility index (Phi) is 3.60. The van der Waals surface area contributed by atoms with Gasteiger partial charge in [0.2, 0.25) is 5.43 Å². The molecule has 0 bridgehead atoms. The molecule has 2 heterocycles. The lowest BCUT2D eigenvalue weighted by molar-refractivity contribution is 0.0952. The Bertz CT molecular complexity index is 883. The number of hydrogen-bond acceptors (Lipinski definition) is 4. The van der Waals surface area contributed by atoms with Crippen LogP contribution in [-0.2, 0) is 0 Å². The molecule has 0 N–H and O–H groups in total. The van der Waals surface area contributed by atoms with Crippen molar-refractivity contribution in [2.75, 3.05) is 0 Å². The predicted molar refractivity (Wildman–Crippen MR) is 81.5 cm³/mol. The minimum atomic E-state index is -0.523. The van der Waals surface area contributed by atoms with Gasteiger partial charge in [-0.05, 0) is 31.2 Å².